The van der Waals surface area contributed by atoms with Crippen LogP contribution in [0.2, 0.25) is 0 Å². The lowest BCUT2D eigenvalue weighted by molar-refractivity contribution is -0.123. The molecule has 0 bridgehead atoms. The van der Waals surface area contributed by atoms with Crippen molar-refractivity contribution in [2.75, 3.05) is 32.8 Å². The number of nitrogens with zero attached hydrogens (tertiary/aromatic N) is 1. The van der Waals surface area contributed by atoms with E-state index in [1.54, 1.807) is 0 Å². The molecular formula is C17H30N2O2. The molecule has 4 nitrogen and oxygen atoms in total. The van der Waals surface area contributed by atoms with Gasteiger partial charge in [-0.05, 0) is 46.0 Å². The van der Waals surface area contributed by atoms with Crippen molar-refractivity contribution in [3.63, 3.8) is 0 Å². The molecular weight excluding hydrogens is 264 g/mol. The summed E-state index contributed by atoms with van der Waals surface area (Å²) < 4.78 is 5.33. The summed E-state index contributed by atoms with van der Waals surface area (Å²) in [6.45, 7) is 10.9. The Balaban J connectivity index is 1.75. The Hall–Kier alpha value is -0.870. The standard InChI is InChI=1S/C17H30N2O2/c1-14-4-6-15(7-5-14)17(2,3)18-16(20)8-9-19-10-12-21-13-11-19/h4,15H,5-13H2,1-3H3,(H,18,20)/t15-/m0/s1. The molecule has 0 aromatic rings. The van der Waals surface area contributed by atoms with E-state index in [-0.39, 0.29) is 11.4 Å². The number of morpholine rings is 1. The largest absolute Gasteiger partial charge is 0.379 e. The molecule has 0 aromatic heterocycles. The summed E-state index contributed by atoms with van der Waals surface area (Å²) in [5.41, 5.74) is 1.37. The number of rotatable bonds is 5. The van der Waals surface area contributed by atoms with Crippen molar-refractivity contribution in [1.29, 1.82) is 0 Å². The van der Waals surface area contributed by atoms with Crippen LogP contribution in [0.25, 0.3) is 0 Å². The second-order valence-electron chi connectivity index (χ2n) is 7.00. The lowest BCUT2D eigenvalue weighted by atomic mass is 9.77. The van der Waals surface area contributed by atoms with Gasteiger partial charge in [-0.25, -0.2) is 0 Å². The molecule has 1 N–H and O–H groups in total. The van der Waals surface area contributed by atoms with Crippen LogP contribution in [0.15, 0.2) is 11.6 Å². The third-order valence-electron chi connectivity index (χ3n) is 4.88. The van der Waals surface area contributed by atoms with Gasteiger partial charge in [-0.2, -0.15) is 0 Å². The zero-order valence-corrected chi connectivity index (χ0v) is 13.8. The van der Waals surface area contributed by atoms with Crippen molar-refractivity contribution in [3.05, 3.63) is 11.6 Å². The number of allylic oxidation sites excluding steroid dienone is 2. The van der Waals surface area contributed by atoms with E-state index in [4.69, 9.17) is 4.74 Å². The summed E-state index contributed by atoms with van der Waals surface area (Å²) in [6.07, 6.45) is 6.35. The Morgan fingerprint density at radius 3 is 2.76 bits per heavy atom. The zero-order chi connectivity index (χ0) is 15.3. The van der Waals surface area contributed by atoms with Crippen LogP contribution in [0.5, 0.6) is 0 Å². The molecule has 1 fully saturated rings. The van der Waals surface area contributed by atoms with Crippen LogP contribution in [0.1, 0.15) is 46.5 Å². The molecule has 1 amide bonds. The van der Waals surface area contributed by atoms with Gasteiger partial charge >= 0.3 is 0 Å². The fraction of sp³-hybridized carbons (Fsp3) is 0.824. The molecule has 2 aliphatic rings. The number of amides is 1. The molecule has 0 spiro atoms. The van der Waals surface area contributed by atoms with Crippen LogP contribution in [0, 0.1) is 5.92 Å². The van der Waals surface area contributed by atoms with Gasteiger partial charge in [-0.1, -0.05) is 11.6 Å². The lowest BCUT2D eigenvalue weighted by Gasteiger charge is -2.37. The summed E-state index contributed by atoms with van der Waals surface area (Å²) in [4.78, 5) is 14.5. The number of hydrogen-bond donors (Lipinski definition) is 1. The zero-order valence-electron chi connectivity index (χ0n) is 13.8. The summed E-state index contributed by atoms with van der Waals surface area (Å²) in [6, 6.07) is 0. The van der Waals surface area contributed by atoms with E-state index in [1.165, 1.54) is 12.0 Å². The molecule has 120 valence electrons. The number of carbonyl (C=O) groups is 1. The number of nitrogens with one attached hydrogen (secondary N) is 1. The minimum absolute atomic E-state index is 0.112. The molecule has 0 aromatic carbocycles. The summed E-state index contributed by atoms with van der Waals surface area (Å²) >= 11 is 0. The first-order valence-corrected chi connectivity index (χ1v) is 8.24. The van der Waals surface area contributed by atoms with Gasteiger partial charge in [0.15, 0.2) is 0 Å². The Morgan fingerprint density at radius 2 is 2.14 bits per heavy atom. The maximum absolute atomic E-state index is 12.2. The Kier molecular flexibility index (Phi) is 5.82. The fourth-order valence-corrected chi connectivity index (χ4v) is 3.23. The highest BCUT2D eigenvalue weighted by Crippen LogP contribution is 2.31. The number of ether oxygens (including phenoxy) is 1. The van der Waals surface area contributed by atoms with Crippen molar-refractivity contribution in [2.45, 2.75) is 52.0 Å². The van der Waals surface area contributed by atoms with Gasteiger partial charge in [0.05, 0.1) is 13.2 Å². The van der Waals surface area contributed by atoms with E-state index >= 15 is 0 Å². The Bertz CT molecular complexity index is 384. The molecule has 0 radical (unpaired) electrons. The van der Waals surface area contributed by atoms with E-state index in [2.05, 4.69) is 37.1 Å². The molecule has 0 unspecified atom stereocenters. The van der Waals surface area contributed by atoms with E-state index in [0.717, 1.165) is 45.7 Å². The van der Waals surface area contributed by atoms with E-state index in [9.17, 15) is 4.79 Å². The predicted octanol–water partition coefficient (Wildman–Crippen LogP) is 2.35. The van der Waals surface area contributed by atoms with Crippen molar-refractivity contribution in [2.24, 2.45) is 5.92 Å². The molecule has 0 saturated carbocycles. The minimum atomic E-state index is -0.112. The normalized spacial score (nSPS) is 24.5. The molecule has 1 aliphatic carbocycles. The SMILES string of the molecule is CC1=CC[C@H](C(C)(C)NC(=O)CCN2CCOCC2)CC1. The minimum Gasteiger partial charge on any atom is -0.379 e. The highest BCUT2D eigenvalue weighted by atomic mass is 16.5. The fourth-order valence-electron chi connectivity index (χ4n) is 3.23. The highest BCUT2D eigenvalue weighted by molar-refractivity contribution is 5.76. The third-order valence-corrected chi connectivity index (χ3v) is 4.88. The summed E-state index contributed by atoms with van der Waals surface area (Å²) in [7, 11) is 0. The molecule has 4 heteroatoms. The molecule has 21 heavy (non-hydrogen) atoms. The van der Waals surface area contributed by atoms with Gasteiger partial charge in [-0.3, -0.25) is 9.69 Å². The van der Waals surface area contributed by atoms with Crippen molar-refractivity contribution in [1.82, 2.24) is 10.2 Å². The third kappa shape index (κ3) is 5.11. The quantitative estimate of drug-likeness (QED) is 0.791. The van der Waals surface area contributed by atoms with Crippen LogP contribution in [-0.2, 0) is 9.53 Å². The molecule has 1 heterocycles. The van der Waals surface area contributed by atoms with Gasteiger partial charge in [0.1, 0.15) is 0 Å². The van der Waals surface area contributed by atoms with Crippen LogP contribution in [0.3, 0.4) is 0 Å². The van der Waals surface area contributed by atoms with E-state index in [1.807, 2.05) is 0 Å². The molecule has 1 atom stereocenters. The van der Waals surface area contributed by atoms with Crippen LogP contribution in [0.4, 0.5) is 0 Å². The smallest absolute Gasteiger partial charge is 0.221 e. The molecule has 2 rings (SSSR count). The maximum Gasteiger partial charge on any atom is 0.221 e. The first-order chi connectivity index (χ1) is 9.97. The maximum atomic E-state index is 12.2. The van der Waals surface area contributed by atoms with Crippen molar-refractivity contribution in [3.8, 4) is 0 Å². The van der Waals surface area contributed by atoms with Gasteiger partial charge in [-0.15, -0.1) is 0 Å². The second kappa shape index (κ2) is 7.41. The topological polar surface area (TPSA) is 41.6 Å². The van der Waals surface area contributed by atoms with Crippen molar-refractivity contribution >= 4 is 5.91 Å². The first-order valence-electron chi connectivity index (χ1n) is 8.24. The average Bonchev–Trinajstić information content (AvgIpc) is 2.46. The highest BCUT2D eigenvalue weighted by Gasteiger charge is 2.31. The lowest BCUT2D eigenvalue weighted by Crippen LogP contribution is -2.50. The summed E-state index contributed by atoms with van der Waals surface area (Å²) in [5.74, 6) is 0.728. The van der Waals surface area contributed by atoms with Crippen LogP contribution >= 0.6 is 0 Å². The Labute approximate surface area is 128 Å². The second-order valence-corrected chi connectivity index (χ2v) is 7.00. The van der Waals surface area contributed by atoms with Gasteiger partial charge in [0.2, 0.25) is 5.91 Å². The molecule has 1 aliphatic heterocycles. The van der Waals surface area contributed by atoms with E-state index in [0.29, 0.717) is 12.3 Å². The number of hydrogen-bond acceptors (Lipinski definition) is 3. The molecule has 1 saturated heterocycles. The monoisotopic (exact) mass is 294 g/mol. The average molecular weight is 294 g/mol. The van der Waals surface area contributed by atoms with Gasteiger partial charge in [0, 0.05) is 31.6 Å². The predicted molar refractivity (Wildman–Crippen MR) is 85.2 cm³/mol. The van der Waals surface area contributed by atoms with Gasteiger partial charge < -0.3 is 10.1 Å². The van der Waals surface area contributed by atoms with Crippen molar-refractivity contribution < 1.29 is 9.53 Å². The Morgan fingerprint density at radius 1 is 1.43 bits per heavy atom. The number of carbonyl (C=O) groups excluding carboxylic acids is 1. The first kappa shape index (κ1) is 16.5. The van der Waals surface area contributed by atoms with Gasteiger partial charge in [0.25, 0.3) is 0 Å². The van der Waals surface area contributed by atoms with Crippen LogP contribution in [-0.4, -0.2) is 49.2 Å². The van der Waals surface area contributed by atoms with E-state index < -0.39 is 0 Å². The van der Waals surface area contributed by atoms with Crippen LogP contribution < -0.4 is 5.32 Å². The summed E-state index contributed by atoms with van der Waals surface area (Å²) in [5, 5.41) is 3.25.